The third-order valence-electron chi connectivity index (χ3n) is 4.33. The quantitative estimate of drug-likeness (QED) is 0.270. The van der Waals surface area contributed by atoms with Gasteiger partial charge in [0.25, 0.3) is 0 Å². The molecule has 21 heavy (non-hydrogen) atoms. The summed E-state index contributed by atoms with van der Waals surface area (Å²) in [5.74, 6) is -0.381. The SMILES string of the molecule is NC(=NO)C1(C(=O)NCC2CCCS2(=O)=O)CCOCC1. The Labute approximate surface area is 123 Å². The van der Waals surface area contributed by atoms with Crippen LogP contribution < -0.4 is 11.1 Å². The zero-order valence-corrected chi connectivity index (χ0v) is 12.6. The Hall–Kier alpha value is -1.35. The van der Waals surface area contributed by atoms with Crippen LogP contribution in [0.5, 0.6) is 0 Å². The number of nitrogens with two attached hydrogens (primary N) is 1. The fourth-order valence-electron chi connectivity index (χ4n) is 2.88. The summed E-state index contributed by atoms with van der Waals surface area (Å²) in [4.78, 5) is 12.5. The standard InChI is InChI=1S/C12H21N3O5S/c13-10(15-17)12(3-5-20-6-4-12)11(16)14-8-9-2-1-7-21(9,18)19/h9,17H,1-8H2,(H2,13,15)(H,14,16). The monoisotopic (exact) mass is 319 g/mol. The summed E-state index contributed by atoms with van der Waals surface area (Å²) in [6.45, 7) is 0.749. The van der Waals surface area contributed by atoms with E-state index >= 15 is 0 Å². The van der Waals surface area contributed by atoms with E-state index in [2.05, 4.69) is 10.5 Å². The molecule has 2 aliphatic rings. The van der Waals surface area contributed by atoms with Crippen LogP contribution in [-0.2, 0) is 19.4 Å². The molecule has 120 valence electrons. The highest BCUT2D eigenvalue weighted by Crippen LogP contribution is 2.31. The predicted molar refractivity (Wildman–Crippen MR) is 75.7 cm³/mol. The van der Waals surface area contributed by atoms with Crippen LogP contribution in [0.2, 0.25) is 0 Å². The molecule has 0 aromatic heterocycles. The number of ether oxygens (including phenoxy) is 1. The predicted octanol–water partition coefficient (Wildman–Crippen LogP) is -0.777. The molecule has 0 aliphatic carbocycles. The van der Waals surface area contributed by atoms with E-state index in [1.807, 2.05) is 0 Å². The number of oxime groups is 1. The molecular formula is C12H21N3O5S. The van der Waals surface area contributed by atoms with Crippen molar-refractivity contribution in [3.8, 4) is 0 Å². The normalized spacial score (nSPS) is 28.2. The number of hydrogen-bond acceptors (Lipinski definition) is 6. The van der Waals surface area contributed by atoms with Crippen molar-refractivity contribution in [3.63, 3.8) is 0 Å². The maximum absolute atomic E-state index is 12.5. The van der Waals surface area contributed by atoms with Crippen molar-refractivity contribution >= 4 is 21.6 Å². The smallest absolute Gasteiger partial charge is 0.234 e. The lowest BCUT2D eigenvalue weighted by molar-refractivity contribution is -0.131. The highest BCUT2D eigenvalue weighted by Gasteiger charge is 2.45. The van der Waals surface area contributed by atoms with Crippen LogP contribution in [0.1, 0.15) is 25.7 Å². The first-order valence-electron chi connectivity index (χ1n) is 6.98. The van der Waals surface area contributed by atoms with E-state index in [4.69, 9.17) is 15.7 Å². The molecule has 2 aliphatic heterocycles. The number of nitrogens with zero attached hydrogens (tertiary/aromatic N) is 1. The minimum absolute atomic E-state index is 0.0719. The number of carbonyl (C=O) groups is 1. The van der Waals surface area contributed by atoms with Gasteiger partial charge in [-0.25, -0.2) is 8.42 Å². The van der Waals surface area contributed by atoms with E-state index in [0.29, 0.717) is 38.9 Å². The highest BCUT2D eigenvalue weighted by atomic mass is 32.2. The third kappa shape index (κ3) is 3.13. The lowest BCUT2D eigenvalue weighted by Crippen LogP contribution is -2.54. The van der Waals surface area contributed by atoms with Crippen molar-refractivity contribution in [2.75, 3.05) is 25.5 Å². The minimum atomic E-state index is -3.11. The Morgan fingerprint density at radius 2 is 2.10 bits per heavy atom. The first-order valence-corrected chi connectivity index (χ1v) is 8.69. The van der Waals surface area contributed by atoms with Gasteiger partial charge in [0.05, 0.1) is 11.0 Å². The largest absolute Gasteiger partial charge is 0.409 e. The van der Waals surface area contributed by atoms with Gasteiger partial charge < -0.3 is 21.0 Å². The van der Waals surface area contributed by atoms with Gasteiger partial charge in [-0.3, -0.25) is 4.79 Å². The summed E-state index contributed by atoms with van der Waals surface area (Å²) in [7, 11) is -3.11. The van der Waals surface area contributed by atoms with Crippen LogP contribution in [0.25, 0.3) is 0 Å². The molecule has 0 aromatic rings. The molecule has 0 aromatic carbocycles. The second kappa shape index (κ2) is 6.18. The first kappa shape index (κ1) is 16.0. The Morgan fingerprint density at radius 1 is 1.43 bits per heavy atom. The van der Waals surface area contributed by atoms with Crippen LogP contribution in [0.4, 0.5) is 0 Å². The van der Waals surface area contributed by atoms with Gasteiger partial charge in [0.1, 0.15) is 5.41 Å². The lowest BCUT2D eigenvalue weighted by atomic mass is 9.78. The van der Waals surface area contributed by atoms with E-state index in [1.165, 1.54) is 0 Å². The van der Waals surface area contributed by atoms with Gasteiger partial charge in [0, 0.05) is 19.8 Å². The maximum Gasteiger partial charge on any atom is 0.234 e. The second-order valence-electron chi connectivity index (χ2n) is 5.52. The molecule has 1 amide bonds. The van der Waals surface area contributed by atoms with E-state index in [0.717, 1.165) is 0 Å². The molecular weight excluding hydrogens is 298 g/mol. The van der Waals surface area contributed by atoms with Crippen molar-refractivity contribution < 1.29 is 23.2 Å². The number of nitrogens with one attached hydrogen (secondary N) is 1. The molecule has 2 saturated heterocycles. The van der Waals surface area contributed by atoms with Crippen LogP contribution >= 0.6 is 0 Å². The molecule has 0 saturated carbocycles. The number of amides is 1. The van der Waals surface area contributed by atoms with Crippen molar-refractivity contribution in [2.45, 2.75) is 30.9 Å². The minimum Gasteiger partial charge on any atom is -0.409 e. The van der Waals surface area contributed by atoms with Gasteiger partial charge in [0.15, 0.2) is 15.7 Å². The summed E-state index contributed by atoms with van der Waals surface area (Å²) < 4.78 is 28.7. The van der Waals surface area contributed by atoms with Crippen LogP contribution in [0, 0.1) is 5.41 Å². The summed E-state index contributed by atoms with van der Waals surface area (Å²) >= 11 is 0. The summed E-state index contributed by atoms with van der Waals surface area (Å²) in [6, 6.07) is 0. The van der Waals surface area contributed by atoms with E-state index in [9.17, 15) is 13.2 Å². The van der Waals surface area contributed by atoms with Crippen molar-refractivity contribution in [1.82, 2.24) is 5.32 Å². The van der Waals surface area contributed by atoms with Gasteiger partial charge in [-0.2, -0.15) is 0 Å². The molecule has 9 heteroatoms. The van der Waals surface area contributed by atoms with Crippen molar-refractivity contribution in [1.29, 1.82) is 0 Å². The number of hydrogen-bond donors (Lipinski definition) is 3. The molecule has 0 bridgehead atoms. The molecule has 2 fully saturated rings. The number of carbonyl (C=O) groups excluding carboxylic acids is 1. The Balaban J connectivity index is 2.06. The average molecular weight is 319 g/mol. The molecule has 4 N–H and O–H groups in total. The zero-order chi connectivity index (χ0) is 15.5. The maximum atomic E-state index is 12.5. The Kier molecular flexibility index (Phi) is 4.72. The van der Waals surface area contributed by atoms with Crippen LogP contribution in [0.3, 0.4) is 0 Å². The van der Waals surface area contributed by atoms with Gasteiger partial charge in [-0.1, -0.05) is 5.16 Å². The average Bonchev–Trinajstić information content (AvgIpc) is 2.83. The van der Waals surface area contributed by atoms with Crippen molar-refractivity contribution in [3.05, 3.63) is 0 Å². The first-order chi connectivity index (χ1) is 9.92. The number of rotatable bonds is 4. The third-order valence-corrected chi connectivity index (χ3v) is 6.61. The number of sulfone groups is 1. The van der Waals surface area contributed by atoms with E-state index in [1.54, 1.807) is 0 Å². The topological polar surface area (TPSA) is 131 Å². The van der Waals surface area contributed by atoms with Crippen LogP contribution in [-0.4, -0.2) is 56.1 Å². The zero-order valence-electron chi connectivity index (χ0n) is 11.7. The summed E-state index contributed by atoms with van der Waals surface area (Å²) in [5.41, 5.74) is 4.57. The molecule has 2 heterocycles. The van der Waals surface area contributed by atoms with Crippen LogP contribution in [0.15, 0.2) is 5.16 Å². The molecule has 0 spiro atoms. The Morgan fingerprint density at radius 3 is 2.62 bits per heavy atom. The van der Waals surface area contributed by atoms with E-state index < -0.39 is 26.4 Å². The molecule has 8 nitrogen and oxygen atoms in total. The molecule has 2 rings (SSSR count). The molecule has 1 unspecified atom stereocenters. The van der Waals surface area contributed by atoms with Gasteiger partial charge in [-0.05, 0) is 25.7 Å². The van der Waals surface area contributed by atoms with Gasteiger partial charge in [-0.15, -0.1) is 0 Å². The van der Waals surface area contributed by atoms with Crippen molar-refractivity contribution in [2.24, 2.45) is 16.3 Å². The number of amidine groups is 1. The van der Waals surface area contributed by atoms with E-state index in [-0.39, 0.29) is 18.1 Å². The van der Waals surface area contributed by atoms with Gasteiger partial charge in [0.2, 0.25) is 5.91 Å². The fourth-order valence-corrected chi connectivity index (χ4v) is 4.64. The summed E-state index contributed by atoms with van der Waals surface area (Å²) in [5, 5.41) is 14.0. The molecule has 0 radical (unpaired) electrons. The lowest BCUT2D eigenvalue weighted by Gasteiger charge is -2.34. The Bertz CT molecular complexity index is 525. The molecule has 1 atom stereocenters. The fraction of sp³-hybridized carbons (Fsp3) is 0.833. The van der Waals surface area contributed by atoms with Gasteiger partial charge >= 0.3 is 0 Å². The second-order valence-corrected chi connectivity index (χ2v) is 7.92. The summed E-state index contributed by atoms with van der Waals surface area (Å²) in [6.07, 6.45) is 1.81. The highest BCUT2D eigenvalue weighted by molar-refractivity contribution is 7.92.